The highest BCUT2D eigenvalue weighted by atomic mass is 16.5. The first kappa shape index (κ1) is 16.3. The molecule has 23 heavy (non-hydrogen) atoms. The standard InChI is InChI=1S/C17H26N4O2/c1-18-17(22)16-10-14(19-12-20-16)9-13-3-2-6-21(11-13)15-4-7-23-8-5-15/h10,12-13,15H,2-9,11H2,1H3,(H,18,22)/t13-/m1/s1. The van der Waals surface area contributed by atoms with Crippen LogP contribution in [0.25, 0.3) is 0 Å². The highest BCUT2D eigenvalue weighted by Crippen LogP contribution is 2.25. The average molecular weight is 318 g/mol. The van der Waals surface area contributed by atoms with Gasteiger partial charge in [0.1, 0.15) is 12.0 Å². The van der Waals surface area contributed by atoms with Crippen LogP contribution in [0.5, 0.6) is 0 Å². The number of rotatable bonds is 4. The van der Waals surface area contributed by atoms with Gasteiger partial charge in [-0.05, 0) is 50.6 Å². The maximum atomic E-state index is 11.7. The molecule has 3 heterocycles. The molecule has 1 N–H and O–H groups in total. The zero-order chi connectivity index (χ0) is 16.1. The van der Waals surface area contributed by atoms with E-state index in [9.17, 15) is 4.79 Å². The van der Waals surface area contributed by atoms with Crippen LogP contribution >= 0.6 is 0 Å². The lowest BCUT2D eigenvalue weighted by Gasteiger charge is -2.39. The zero-order valence-corrected chi connectivity index (χ0v) is 13.8. The van der Waals surface area contributed by atoms with E-state index in [0.717, 1.165) is 44.7 Å². The van der Waals surface area contributed by atoms with E-state index in [-0.39, 0.29) is 5.91 Å². The topological polar surface area (TPSA) is 67.4 Å². The molecule has 0 aromatic carbocycles. The van der Waals surface area contributed by atoms with Gasteiger partial charge in [0.25, 0.3) is 5.91 Å². The molecule has 0 unspecified atom stereocenters. The molecule has 6 heteroatoms. The number of amides is 1. The van der Waals surface area contributed by atoms with Crippen molar-refractivity contribution in [1.29, 1.82) is 0 Å². The molecule has 126 valence electrons. The summed E-state index contributed by atoms with van der Waals surface area (Å²) in [6.45, 7) is 4.12. The molecule has 1 aromatic rings. The summed E-state index contributed by atoms with van der Waals surface area (Å²) in [6, 6.07) is 2.50. The smallest absolute Gasteiger partial charge is 0.269 e. The van der Waals surface area contributed by atoms with E-state index in [1.165, 1.54) is 25.7 Å². The first-order valence-electron chi connectivity index (χ1n) is 8.61. The van der Waals surface area contributed by atoms with Crippen LogP contribution in [0, 0.1) is 5.92 Å². The van der Waals surface area contributed by atoms with Crippen LogP contribution in [0.2, 0.25) is 0 Å². The Hall–Kier alpha value is -1.53. The highest BCUT2D eigenvalue weighted by Gasteiger charge is 2.27. The van der Waals surface area contributed by atoms with Gasteiger partial charge in [-0.2, -0.15) is 0 Å². The Morgan fingerprint density at radius 1 is 1.35 bits per heavy atom. The Morgan fingerprint density at radius 3 is 2.96 bits per heavy atom. The van der Waals surface area contributed by atoms with E-state index >= 15 is 0 Å². The number of carbonyl (C=O) groups excluding carboxylic acids is 1. The Labute approximate surface area is 137 Å². The molecule has 0 saturated carbocycles. The van der Waals surface area contributed by atoms with Crippen molar-refractivity contribution in [2.24, 2.45) is 5.92 Å². The Bertz CT molecular complexity index is 531. The summed E-state index contributed by atoms with van der Waals surface area (Å²) in [7, 11) is 1.62. The van der Waals surface area contributed by atoms with Crippen molar-refractivity contribution >= 4 is 5.91 Å². The molecule has 1 aromatic heterocycles. The SMILES string of the molecule is CNC(=O)c1cc(C[C@H]2CCCN(C3CCOCC3)C2)ncn1. The molecule has 1 atom stereocenters. The first-order valence-corrected chi connectivity index (χ1v) is 8.61. The van der Waals surface area contributed by atoms with E-state index in [4.69, 9.17) is 4.74 Å². The van der Waals surface area contributed by atoms with Gasteiger partial charge in [0.05, 0.1) is 0 Å². The molecule has 1 amide bonds. The quantitative estimate of drug-likeness (QED) is 0.905. The van der Waals surface area contributed by atoms with Crippen molar-refractivity contribution in [3.05, 3.63) is 23.8 Å². The van der Waals surface area contributed by atoms with Crippen molar-refractivity contribution in [1.82, 2.24) is 20.2 Å². The normalized spacial score (nSPS) is 23.6. The maximum Gasteiger partial charge on any atom is 0.269 e. The lowest BCUT2D eigenvalue weighted by atomic mass is 9.91. The third-order valence-corrected chi connectivity index (χ3v) is 4.94. The van der Waals surface area contributed by atoms with E-state index < -0.39 is 0 Å². The van der Waals surface area contributed by atoms with E-state index in [1.807, 2.05) is 6.07 Å². The Kier molecular flexibility index (Phi) is 5.56. The lowest BCUT2D eigenvalue weighted by molar-refractivity contribution is 0.0177. The summed E-state index contributed by atoms with van der Waals surface area (Å²) in [6.07, 6.45) is 7.21. The number of hydrogen-bond acceptors (Lipinski definition) is 5. The molecule has 2 fully saturated rings. The van der Waals surface area contributed by atoms with Crippen molar-refractivity contribution in [2.75, 3.05) is 33.4 Å². The number of carbonyl (C=O) groups is 1. The van der Waals surface area contributed by atoms with Crippen molar-refractivity contribution in [2.45, 2.75) is 38.1 Å². The van der Waals surface area contributed by atoms with Gasteiger partial charge in [-0.3, -0.25) is 9.69 Å². The molecule has 2 saturated heterocycles. The van der Waals surface area contributed by atoms with Gasteiger partial charge in [-0.15, -0.1) is 0 Å². The monoisotopic (exact) mass is 318 g/mol. The van der Waals surface area contributed by atoms with Gasteiger partial charge in [0.2, 0.25) is 0 Å². The number of hydrogen-bond donors (Lipinski definition) is 1. The minimum Gasteiger partial charge on any atom is -0.381 e. The highest BCUT2D eigenvalue weighted by molar-refractivity contribution is 5.91. The first-order chi connectivity index (χ1) is 11.3. The minimum absolute atomic E-state index is 0.152. The largest absolute Gasteiger partial charge is 0.381 e. The van der Waals surface area contributed by atoms with Crippen molar-refractivity contribution in [3.63, 3.8) is 0 Å². The van der Waals surface area contributed by atoms with Gasteiger partial charge in [0.15, 0.2) is 0 Å². The minimum atomic E-state index is -0.152. The molecule has 2 aliphatic heterocycles. The Balaban J connectivity index is 1.60. The molecular formula is C17H26N4O2. The fourth-order valence-electron chi connectivity index (χ4n) is 3.70. The Morgan fingerprint density at radius 2 is 2.17 bits per heavy atom. The summed E-state index contributed by atoms with van der Waals surface area (Å²) in [5, 5.41) is 2.61. The predicted molar refractivity (Wildman–Crippen MR) is 87.3 cm³/mol. The molecule has 6 nitrogen and oxygen atoms in total. The molecule has 0 radical (unpaired) electrons. The third kappa shape index (κ3) is 4.26. The van der Waals surface area contributed by atoms with Gasteiger partial charge >= 0.3 is 0 Å². The van der Waals surface area contributed by atoms with Gasteiger partial charge in [0, 0.05) is 38.5 Å². The number of aromatic nitrogens is 2. The third-order valence-electron chi connectivity index (χ3n) is 4.94. The van der Waals surface area contributed by atoms with Crippen LogP contribution in [0.15, 0.2) is 12.4 Å². The summed E-state index contributed by atoms with van der Waals surface area (Å²) in [5.74, 6) is 0.458. The zero-order valence-electron chi connectivity index (χ0n) is 13.8. The lowest BCUT2D eigenvalue weighted by Crippen LogP contribution is -2.45. The van der Waals surface area contributed by atoms with Crippen LogP contribution in [0.3, 0.4) is 0 Å². The van der Waals surface area contributed by atoms with Crippen molar-refractivity contribution < 1.29 is 9.53 Å². The van der Waals surface area contributed by atoms with Crippen LogP contribution in [0.1, 0.15) is 41.9 Å². The molecule has 0 bridgehead atoms. The maximum absolute atomic E-state index is 11.7. The number of piperidine rings is 1. The predicted octanol–water partition coefficient (Wildman–Crippen LogP) is 1.27. The van der Waals surface area contributed by atoms with Crippen molar-refractivity contribution in [3.8, 4) is 0 Å². The molecular weight excluding hydrogens is 292 g/mol. The van der Waals surface area contributed by atoms with Crippen LogP contribution in [-0.2, 0) is 11.2 Å². The van der Waals surface area contributed by atoms with Crippen LogP contribution in [0.4, 0.5) is 0 Å². The van der Waals surface area contributed by atoms with Gasteiger partial charge < -0.3 is 10.1 Å². The van der Waals surface area contributed by atoms with Gasteiger partial charge in [-0.25, -0.2) is 9.97 Å². The van der Waals surface area contributed by atoms with Crippen LogP contribution < -0.4 is 5.32 Å². The number of likely N-dealkylation sites (tertiary alicyclic amines) is 1. The number of nitrogens with zero attached hydrogens (tertiary/aromatic N) is 3. The summed E-state index contributed by atoms with van der Waals surface area (Å²) in [5.41, 5.74) is 1.42. The molecule has 0 spiro atoms. The van der Waals surface area contributed by atoms with E-state index in [0.29, 0.717) is 17.7 Å². The molecule has 0 aliphatic carbocycles. The number of nitrogens with one attached hydrogen (secondary N) is 1. The fourth-order valence-corrected chi connectivity index (χ4v) is 3.70. The second-order valence-corrected chi connectivity index (χ2v) is 6.52. The molecule has 3 rings (SSSR count). The van der Waals surface area contributed by atoms with Crippen LogP contribution in [-0.4, -0.2) is 60.2 Å². The summed E-state index contributed by atoms with van der Waals surface area (Å²) in [4.78, 5) is 22.7. The fraction of sp³-hybridized carbons (Fsp3) is 0.706. The second kappa shape index (κ2) is 7.84. The van der Waals surface area contributed by atoms with Gasteiger partial charge in [-0.1, -0.05) is 0 Å². The average Bonchev–Trinajstić information content (AvgIpc) is 2.62. The van der Waals surface area contributed by atoms with E-state index in [2.05, 4.69) is 20.2 Å². The summed E-state index contributed by atoms with van der Waals surface area (Å²) < 4.78 is 5.48. The number of ether oxygens (including phenoxy) is 1. The molecule has 2 aliphatic rings. The second-order valence-electron chi connectivity index (χ2n) is 6.52. The van der Waals surface area contributed by atoms with E-state index in [1.54, 1.807) is 7.05 Å². The summed E-state index contributed by atoms with van der Waals surface area (Å²) >= 11 is 0.